The molecule has 2 aromatic rings. The molecule has 7 heteroatoms. The second-order valence-electron chi connectivity index (χ2n) is 4.97. The maximum Gasteiger partial charge on any atom is 0.251 e. The Morgan fingerprint density at radius 3 is 2.62 bits per heavy atom. The highest BCUT2D eigenvalue weighted by Gasteiger charge is 2.08. The fourth-order valence-electron chi connectivity index (χ4n) is 2.01. The van der Waals surface area contributed by atoms with Gasteiger partial charge in [0.2, 0.25) is 5.91 Å². The van der Waals surface area contributed by atoms with Crippen LogP contribution < -0.4 is 16.0 Å². The van der Waals surface area contributed by atoms with Crippen LogP contribution in [0.25, 0.3) is 0 Å². The number of hydrogen-bond acceptors (Lipinski definition) is 3. The van der Waals surface area contributed by atoms with Crippen molar-refractivity contribution in [1.29, 1.82) is 0 Å². The predicted molar refractivity (Wildman–Crippen MR) is 98.0 cm³/mol. The Labute approximate surface area is 150 Å². The molecule has 0 radical (unpaired) electrons. The number of nitrogens with one attached hydrogen (secondary N) is 3. The third-order valence-electron chi connectivity index (χ3n) is 3.11. The van der Waals surface area contributed by atoms with Gasteiger partial charge in [0.1, 0.15) is 0 Å². The minimum atomic E-state index is -0.265. The smallest absolute Gasteiger partial charge is 0.251 e. The fourth-order valence-corrected chi connectivity index (χ4v) is 2.37. The summed E-state index contributed by atoms with van der Waals surface area (Å²) in [6, 6.07) is 11.7. The van der Waals surface area contributed by atoms with E-state index in [0.717, 1.165) is 0 Å². The molecule has 126 valence electrons. The number of carbonyl (C=O) groups excluding carboxylic acids is 2. The van der Waals surface area contributed by atoms with Crippen molar-refractivity contribution in [3.63, 3.8) is 0 Å². The summed E-state index contributed by atoms with van der Waals surface area (Å²) in [5.74, 6) is -0.448. The Bertz CT molecular complexity index is 750. The number of carbonyl (C=O) groups is 2. The van der Waals surface area contributed by atoms with E-state index in [4.69, 9.17) is 23.2 Å². The number of benzene rings is 2. The van der Waals surface area contributed by atoms with Crippen molar-refractivity contribution >= 4 is 46.4 Å². The van der Waals surface area contributed by atoms with Crippen LogP contribution in [0.5, 0.6) is 0 Å². The minimum Gasteiger partial charge on any atom is -0.375 e. The monoisotopic (exact) mass is 365 g/mol. The lowest BCUT2D eigenvalue weighted by molar-refractivity contribution is -0.114. The van der Waals surface area contributed by atoms with Crippen LogP contribution in [0.4, 0.5) is 11.4 Å². The SMILES string of the molecule is CCNC(=O)c1cccc(NC(=O)CNc2cc(Cl)ccc2Cl)c1. The van der Waals surface area contributed by atoms with Crippen molar-refractivity contribution in [3.8, 4) is 0 Å². The molecule has 24 heavy (non-hydrogen) atoms. The zero-order valence-electron chi connectivity index (χ0n) is 13.0. The van der Waals surface area contributed by atoms with Gasteiger partial charge in [0.05, 0.1) is 17.3 Å². The first-order chi connectivity index (χ1) is 11.5. The first kappa shape index (κ1) is 18.1. The Balaban J connectivity index is 1.96. The lowest BCUT2D eigenvalue weighted by atomic mass is 10.2. The van der Waals surface area contributed by atoms with Gasteiger partial charge < -0.3 is 16.0 Å². The van der Waals surface area contributed by atoms with Crippen molar-refractivity contribution in [2.75, 3.05) is 23.7 Å². The minimum absolute atomic E-state index is 0.0193. The van der Waals surface area contributed by atoms with Crippen LogP contribution in [0.15, 0.2) is 42.5 Å². The normalized spacial score (nSPS) is 10.1. The van der Waals surface area contributed by atoms with Crippen LogP contribution in [-0.2, 0) is 4.79 Å². The molecule has 2 rings (SSSR count). The predicted octanol–water partition coefficient (Wildman–Crippen LogP) is 3.79. The van der Waals surface area contributed by atoms with Gasteiger partial charge in [-0.15, -0.1) is 0 Å². The molecule has 0 aliphatic carbocycles. The topological polar surface area (TPSA) is 70.2 Å². The zero-order valence-corrected chi connectivity index (χ0v) is 14.5. The molecule has 0 atom stereocenters. The summed E-state index contributed by atoms with van der Waals surface area (Å²) < 4.78 is 0. The molecular weight excluding hydrogens is 349 g/mol. The van der Waals surface area contributed by atoms with Crippen LogP contribution in [0, 0.1) is 0 Å². The molecule has 0 bridgehead atoms. The molecule has 0 aliphatic rings. The molecule has 0 saturated carbocycles. The number of halogens is 2. The Hall–Kier alpha value is -2.24. The Kier molecular flexibility index (Phi) is 6.46. The summed E-state index contributed by atoms with van der Waals surface area (Å²) in [7, 11) is 0. The number of amides is 2. The van der Waals surface area contributed by atoms with E-state index in [0.29, 0.717) is 33.5 Å². The molecule has 0 unspecified atom stereocenters. The van der Waals surface area contributed by atoms with E-state index in [1.165, 1.54) is 0 Å². The van der Waals surface area contributed by atoms with E-state index in [9.17, 15) is 9.59 Å². The lowest BCUT2D eigenvalue weighted by Gasteiger charge is -2.10. The second-order valence-corrected chi connectivity index (χ2v) is 5.81. The first-order valence-electron chi connectivity index (χ1n) is 7.36. The molecule has 0 heterocycles. The van der Waals surface area contributed by atoms with E-state index < -0.39 is 0 Å². The van der Waals surface area contributed by atoms with E-state index >= 15 is 0 Å². The Morgan fingerprint density at radius 2 is 1.88 bits per heavy atom. The van der Waals surface area contributed by atoms with Gasteiger partial charge in [-0.2, -0.15) is 0 Å². The summed E-state index contributed by atoms with van der Waals surface area (Å²) >= 11 is 11.9. The van der Waals surface area contributed by atoms with E-state index in [-0.39, 0.29) is 18.4 Å². The van der Waals surface area contributed by atoms with E-state index in [2.05, 4.69) is 16.0 Å². The molecule has 0 saturated heterocycles. The van der Waals surface area contributed by atoms with Gasteiger partial charge in [-0.3, -0.25) is 9.59 Å². The quantitative estimate of drug-likeness (QED) is 0.729. The highest BCUT2D eigenvalue weighted by atomic mass is 35.5. The van der Waals surface area contributed by atoms with Crippen molar-refractivity contribution in [1.82, 2.24) is 5.32 Å². The van der Waals surface area contributed by atoms with Crippen LogP contribution in [-0.4, -0.2) is 24.9 Å². The van der Waals surface area contributed by atoms with Gasteiger partial charge in [0.15, 0.2) is 0 Å². The van der Waals surface area contributed by atoms with Crippen molar-refractivity contribution < 1.29 is 9.59 Å². The fraction of sp³-hybridized carbons (Fsp3) is 0.176. The maximum atomic E-state index is 12.0. The molecule has 2 aromatic carbocycles. The average molecular weight is 366 g/mol. The molecule has 0 fully saturated rings. The molecule has 2 amide bonds. The van der Waals surface area contributed by atoms with Gasteiger partial charge in [-0.1, -0.05) is 29.3 Å². The van der Waals surface area contributed by atoms with Crippen molar-refractivity contribution in [2.24, 2.45) is 0 Å². The largest absolute Gasteiger partial charge is 0.375 e. The summed E-state index contributed by atoms with van der Waals surface area (Å²) in [6.07, 6.45) is 0. The number of rotatable bonds is 6. The molecule has 0 aromatic heterocycles. The maximum absolute atomic E-state index is 12.0. The third kappa shape index (κ3) is 5.15. The number of hydrogen-bond donors (Lipinski definition) is 3. The standard InChI is InChI=1S/C17H17Cl2N3O2/c1-2-20-17(24)11-4-3-5-13(8-11)22-16(23)10-21-15-9-12(18)6-7-14(15)19/h3-9,21H,2,10H2,1H3,(H,20,24)(H,22,23). The molecule has 3 N–H and O–H groups in total. The van der Waals surface area contributed by atoms with Crippen molar-refractivity contribution in [3.05, 3.63) is 58.1 Å². The summed E-state index contributed by atoms with van der Waals surface area (Å²) in [6.45, 7) is 2.40. The highest BCUT2D eigenvalue weighted by Crippen LogP contribution is 2.25. The van der Waals surface area contributed by atoms with E-state index in [1.807, 2.05) is 6.92 Å². The van der Waals surface area contributed by atoms with Crippen LogP contribution >= 0.6 is 23.2 Å². The summed E-state index contributed by atoms with van der Waals surface area (Å²) in [4.78, 5) is 23.8. The lowest BCUT2D eigenvalue weighted by Crippen LogP contribution is -2.24. The van der Waals surface area contributed by atoms with Gasteiger partial charge in [0.25, 0.3) is 5.91 Å². The summed E-state index contributed by atoms with van der Waals surface area (Å²) in [5.41, 5.74) is 1.61. The second kappa shape index (κ2) is 8.57. The van der Waals surface area contributed by atoms with Gasteiger partial charge in [-0.05, 0) is 43.3 Å². The van der Waals surface area contributed by atoms with Crippen LogP contribution in [0.1, 0.15) is 17.3 Å². The Morgan fingerprint density at radius 1 is 1.08 bits per heavy atom. The third-order valence-corrected chi connectivity index (χ3v) is 3.68. The molecule has 0 aliphatic heterocycles. The van der Waals surface area contributed by atoms with Crippen LogP contribution in [0.2, 0.25) is 10.0 Å². The van der Waals surface area contributed by atoms with Gasteiger partial charge >= 0.3 is 0 Å². The molecule has 5 nitrogen and oxygen atoms in total. The first-order valence-corrected chi connectivity index (χ1v) is 8.12. The molecular formula is C17H17Cl2N3O2. The average Bonchev–Trinajstić information content (AvgIpc) is 2.56. The molecule has 0 spiro atoms. The van der Waals surface area contributed by atoms with Gasteiger partial charge in [-0.25, -0.2) is 0 Å². The summed E-state index contributed by atoms with van der Waals surface area (Å²) in [5, 5.41) is 9.36. The highest BCUT2D eigenvalue weighted by molar-refractivity contribution is 6.35. The van der Waals surface area contributed by atoms with Gasteiger partial charge in [0, 0.05) is 22.8 Å². The zero-order chi connectivity index (χ0) is 17.5. The van der Waals surface area contributed by atoms with Crippen molar-refractivity contribution in [2.45, 2.75) is 6.92 Å². The van der Waals surface area contributed by atoms with Crippen LogP contribution in [0.3, 0.4) is 0 Å². The number of anilines is 2. The van der Waals surface area contributed by atoms with E-state index in [1.54, 1.807) is 42.5 Å².